The van der Waals surface area contributed by atoms with Gasteiger partial charge in [0.25, 0.3) is 5.91 Å². The number of rotatable bonds is 4. The number of ether oxygens (including phenoxy) is 2. The fraction of sp³-hybridized carbons (Fsp3) is 0.222. The molecule has 25 heavy (non-hydrogen) atoms. The topological polar surface area (TPSA) is 52.8 Å². The highest BCUT2D eigenvalue weighted by atomic mass is 35.5. The number of halogens is 1. The second-order valence-electron chi connectivity index (χ2n) is 5.23. The molecule has 130 valence electrons. The maximum absolute atomic E-state index is 12.7. The summed E-state index contributed by atoms with van der Waals surface area (Å²) in [5.74, 6) is 0.725. The van der Waals surface area contributed by atoms with Crippen molar-refractivity contribution in [3.63, 3.8) is 0 Å². The van der Waals surface area contributed by atoms with Gasteiger partial charge in [0, 0.05) is 18.2 Å². The summed E-state index contributed by atoms with van der Waals surface area (Å²) in [6, 6.07) is 10.7. The van der Waals surface area contributed by atoms with Gasteiger partial charge in [-0.2, -0.15) is 4.99 Å². The molecule has 0 bridgehead atoms. The van der Waals surface area contributed by atoms with Crippen LogP contribution in [0.4, 0.5) is 0 Å². The number of thiazole rings is 1. The van der Waals surface area contributed by atoms with E-state index >= 15 is 0 Å². The molecule has 0 fully saturated rings. The van der Waals surface area contributed by atoms with Crippen molar-refractivity contribution in [2.75, 3.05) is 14.2 Å². The van der Waals surface area contributed by atoms with E-state index < -0.39 is 0 Å². The molecule has 3 aromatic rings. The molecular formula is C18H17ClN2O3S. The second kappa shape index (κ2) is 7.29. The van der Waals surface area contributed by atoms with Gasteiger partial charge in [-0.05, 0) is 31.2 Å². The Bertz CT molecular complexity index is 985. The molecule has 0 atom stereocenters. The van der Waals surface area contributed by atoms with E-state index in [1.165, 1.54) is 11.3 Å². The Morgan fingerprint density at radius 3 is 2.48 bits per heavy atom. The molecule has 0 aliphatic rings. The predicted molar refractivity (Wildman–Crippen MR) is 99.9 cm³/mol. The number of hydrogen-bond acceptors (Lipinski definition) is 4. The zero-order chi connectivity index (χ0) is 18.0. The second-order valence-corrected chi connectivity index (χ2v) is 6.65. The maximum Gasteiger partial charge on any atom is 0.279 e. The summed E-state index contributed by atoms with van der Waals surface area (Å²) in [5, 5.41) is 0.646. The van der Waals surface area contributed by atoms with Crippen LogP contribution in [-0.2, 0) is 6.54 Å². The van der Waals surface area contributed by atoms with Gasteiger partial charge in [0.05, 0.1) is 29.5 Å². The van der Waals surface area contributed by atoms with Crippen molar-refractivity contribution < 1.29 is 14.3 Å². The van der Waals surface area contributed by atoms with E-state index in [4.69, 9.17) is 21.1 Å². The van der Waals surface area contributed by atoms with E-state index in [0.29, 0.717) is 33.4 Å². The van der Waals surface area contributed by atoms with E-state index in [1.54, 1.807) is 32.4 Å². The van der Waals surface area contributed by atoms with Gasteiger partial charge < -0.3 is 14.0 Å². The number of methoxy groups -OCH3 is 2. The third-order valence-corrected chi connectivity index (χ3v) is 5.11. The van der Waals surface area contributed by atoms with Gasteiger partial charge >= 0.3 is 0 Å². The third kappa shape index (κ3) is 3.41. The Morgan fingerprint density at radius 1 is 1.20 bits per heavy atom. The number of aromatic nitrogens is 1. The van der Waals surface area contributed by atoms with Crippen LogP contribution >= 0.6 is 22.9 Å². The monoisotopic (exact) mass is 376 g/mol. The van der Waals surface area contributed by atoms with Crippen LogP contribution in [0.25, 0.3) is 10.2 Å². The number of benzene rings is 2. The van der Waals surface area contributed by atoms with Crippen LogP contribution in [0.1, 0.15) is 17.3 Å². The average Bonchev–Trinajstić information content (AvgIpc) is 2.99. The fourth-order valence-electron chi connectivity index (χ4n) is 2.55. The van der Waals surface area contributed by atoms with Crippen molar-refractivity contribution in [1.29, 1.82) is 0 Å². The van der Waals surface area contributed by atoms with Crippen LogP contribution in [0.15, 0.2) is 41.4 Å². The number of fused-ring (bicyclic) bond motifs is 1. The molecule has 0 unspecified atom stereocenters. The predicted octanol–water partition coefficient (Wildman–Crippen LogP) is 4.13. The molecular weight excluding hydrogens is 360 g/mol. The summed E-state index contributed by atoms with van der Waals surface area (Å²) >= 11 is 7.75. The van der Waals surface area contributed by atoms with Gasteiger partial charge in [-0.15, -0.1) is 0 Å². The molecule has 0 saturated heterocycles. The number of hydrogen-bond donors (Lipinski definition) is 0. The lowest BCUT2D eigenvalue weighted by Crippen LogP contribution is -2.16. The van der Waals surface area contributed by atoms with Gasteiger partial charge in [-0.1, -0.05) is 29.0 Å². The number of amides is 1. The molecule has 1 aromatic heterocycles. The molecule has 0 saturated carbocycles. The minimum Gasteiger partial charge on any atom is -0.497 e. The van der Waals surface area contributed by atoms with Crippen LogP contribution in [0.2, 0.25) is 5.02 Å². The first-order valence-corrected chi connectivity index (χ1v) is 8.86. The highest BCUT2D eigenvalue weighted by molar-refractivity contribution is 7.16. The van der Waals surface area contributed by atoms with E-state index in [0.717, 1.165) is 10.2 Å². The molecule has 5 nitrogen and oxygen atoms in total. The summed E-state index contributed by atoms with van der Waals surface area (Å²) in [7, 11) is 3.08. The molecule has 0 radical (unpaired) electrons. The quantitative estimate of drug-likeness (QED) is 0.687. The normalized spacial score (nSPS) is 11.8. The van der Waals surface area contributed by atoms with Gasteiger partial charge in [-0.25, -0.2) is 0 Å². The van der Waals surface area contributed by atoms with Crippen LogP contribution in [0.3, 0.4) is 0 Å². The molecule has 3 rings (SSSR count). The van der Waals surface area contributed by atoms with E-state index in [1.807, 2.05) is 29.7 Å². The summed E-state index contributed by atoms with van der Waals surface area (Å²) in [6.45, 7) is 2.66. The molecule has 1 amide bonds. The first-order chi connectivity index (χ1) is 12.1. The molecule has 0 aliphatic carbocycles. The Morgan fingerprint density at radius 2 is 1.88 bits per heavy atom. The lowest BCUT2D eigenvalue weighted by atomic mass is 10.2. The Kier molecular flexibility index (Phi) is 5.11. The largest absolute Gasteiger partial charge is 0.497 e. The first kappa shape index (κ1) is 17.5. The van der Waals surface area contributed by atoms with E-state index in [9.17, 15) is 4.79 Å². The SMILES string of the molecule is CCn1c(=NC(=O)c2cc(OC)cc(OC)c2)sc2cccc(Cl)c21. The molecule has 2 aromatic carbocycles. The molecule has 0 aliphatic heterocycles. The summed E-state index contributed by atoms with van der Waals surface area (Å²) in [4.78, 5) is 17.6. The van der Waals surface area contributed by atoms with Gasteiger partial charge in [0.15, 0.2) is 4.80 Å². The molecule has 0 N–H and O–H groups in total. The highest BCUT2D eigenvalue weighted by Gasteiger charge is 2.12. The number of carbonyl (C=O) groups is 1. The fourth-order valence-corrected chi connectivity index (χ4v) is 4.00. The van der Waals surface area contributed by atoms with Gasteiger partial charge in [0.1, 0.15) is 11.5 Å². The third-order valence-electron chi connectivity index (χ3n) is 3.76. The lowest BCUT2D eigenvalue weighted by Gasteiger charge is -2.06. The van der Waals surface area contributed by atoms with Crippen LogP contribution in [0, 0.1) is 0 Å². The average molecular weight is 377 g/mol. The van der Waals surface area contributed by atoms with Crippen molar-refractivity contribution in [3.05, 3.63) is 51.8 Å². The van der Waals surface area contributed by atoms with E-state index in [2.05, 4.69) is 4.99 Å². The van der Waals surface area contributed by atoms with Crippen LogP contribution < -0.4 is 14.3 Å². The smallest absolute Gasteiger partial charge is 0.279 e. The lowest BCUT2D eigenvalue weighted by molar-refractivity contribution is 0.0997. The van der Waals surface area contributed by atoms with Crippen molar-refractivity contribution in [2.45, 2.75) is 13.5 Å². The van der Waals surface area contributed by atoms with Gasteiger partial charge in [0.2, 0.25) is 0 Å². The Hall–Kier alpha value is -2.31. The van der Waals surface area contributed by atoms with Crippen molar-refractivity contribution >= 4 is 39.1 Å². The number of aryl methyl sites for hydroxylation is 1. The zero-order valence-electron chi connectivity index (χ0n) is 14.1. The summed E-state index contributed by atoms with van der Waals surface area (Å²) < 4.78 is 13.4. The molecule has 7 heteroatoms. The Labute approximate surface area is 154 Å². The van der Waals surface area contributed by atoms with Gasteiger partial charge in [-0.3, -0.25) is 4.79 Å². The molecule has 0 spiro atoms. The summed E-state index contributed by atoms with van der Waals surface area (Å²) in [6.07, 6.45) is 0. The maximum atomic E-state index is 12.7. The van der Waals surface area contributed by atoms with Crippen molar-refractivity contribution in [2.24, 2.45) is 4.99 Å². The Balaban J connectivity index is 2.14. The zero-order valence-corrected chi connectivity index (χ0v) is 15.6. The standard InChI is InChI=1S/C18H17ClN2O3S/c1-4-21-16-14(19)6-5-7-15(16)25-18(21)20-17(22)11-8-12(23-2)10-13(9-11)24-3/h5-10H,4H2,1-3H3. The number of para-hydroxylation sites is 1. The van der Waals surface area contributed by atoms with E-state index in [-0.39, 0.29) is 5.91 Å². The molecule has 1 heterocycles. The van der Waals surface area contributed by atoms with Crippen molar-refractivity contribution in [1.82, 2.24) is 4.57 Å². The number of nitrogens with zero attached hydrogens (tertiary/aromatic N) is 2. The first-order valence-electron chi connectivity index (χ1n) is 7.67. The minimum atomic E-state index is -0.359. The summed E-state index contributed by atoms with van der Waals surface area (Å²) in [5.41, 5.74) is 1.30. The highest BCUT2D eigenvalue weighted by Crippen LogP contribution is 2.26. The van der Waals surface area contributed by atoms with Crippen molar-refractivity contribution in [3.8, 4) is 11.5 Å². The minimum absolute atomic E-state index is 0.359. The number of carbonyl (C=O) groups excluding carboxylic acids is 1. The van der Waals surface area contributed by atoms with Crippen LogP contribution in [-0.4, -0.2) is 24.7 Å². The van der Waals surface area contributed by atoms with Crippen LogP contribution in [0.5, 0.6) is 11.5 Å².